The summed E-state index contributed by atoms with van der Waals surface area (Å²) < 4.78 is 48.7. The zero-order chi connectivity index (χ0) is 16.3. The van der Waals surface area contributed by atoms with Crippen molar-refractivity contribution in [3.8, 4) is 22.6 Å². The lowest BCUT2D eigenvalue weighted by Gasteiger charge is -2.14. The molecule has 0 heterocycles. The van der Waals surface area contributed by atoms with Crippen molar-refractivity contribution in [2.24, 2.45) is 0 Å². The minimum atomic E-state index is -4.45. The summed E-state index contributed by atoms with van der Waals surface area (Å²) in [7, 11) is 2.82. The minimum Gasteiger partial charge on any atom is -0.493 e. The Labute approximate surface area is 125 Å². The molecule has 0 aliphatic heterocycles. The highest BCUT2D eigenvalue weighted by Gasteiger charge is 2.30. The first-order valence-electron chi connectivity index (χ1n) is 6.29. The van der Waals surface area contributed by atoms with E-state index in [4.69, 9.17) is 9.47 Å². The van der Waals surface area contributed by atoms with Gasteiger partial charge >= 0.3 is 6.18 Å². The van der Waals surface area contributed by atoms with Gasteiger partial charge in [0, 0.05) is 5.56 Å². The molecule has 116 valence electrons. The number of alkyl halides is 3. The summed E-state index contributed by atoms with van der Waals surface area (Å²) in [6.07, 6.45) is -3.88. The molecule has 0 saturated carbocycles. The summed E-state index contributed by atoms with van der Waals surface area (Å²) in [5.41, 5.74) is 0.0604. The molecule has 0 aliphatic rings. The molecule has 0 fully saturated rings. The maximum atomic E-state index is 12.8. The number of carbonyl (C=O) groups excluding carboxylic acids is 1. The standard InChI is InChI=1S/C16H13F3O3/c1-21-14-7-11(9-20)13(8-15(14)22-2)10-4-3-5-12(6-10)16(17,18)19/h3-9H,1-2H3. The average Bonchev–Trinajstić information content (AvgIpc) is 2.52. The van der Waals surface area contributed by atoms with Gasteiger partial charge in [-0.2, -0.15) is 13.2 Å². The van der Waals surface area contributed by atoms with Crippen molar-refractivity contribution in [2.45, 2.75) is 6.18 Å². The number of hydrogen-bond acceptors (Lipinski definition) is 3. The molecule has 2 rings (SSSR count). The fourth-order valence-electron chi connectivity index (χ4n) is 2.11. The van der Waals surface area contributed by atoms with Crippen molar-refractivity contribution in [3.63, 3.8) is 0 Å². The van der Waals surface area contributed by atoms with Crippen LogP contribution in [0.5, 0.6) is 11.5 Å². The molecule has 0 aliphatic carbocycles. The number of rotatable bonds is 4. The number of aldehydes is 1. The average molecular weight is 310 g/mol. The number of methoxy groups -OCH3 is 2. The SMILES string of the molecule is COc1cc(C=O)c(-c2cccc(C(F)(F)F)c2)cc1OC. The zero-order valence-electron chi connectivity index (χ0n) is 11.9. The van der Waals surface area contributed by atoms with Crippen LogP contribution in [-0.4, -0.2) is 20.5 Å². The van der Waals surface area contributed by atoms with Crippen LogP contribution in [0.25, 0.3) is 11.1 Å². The van der Waals surface area contributed by atoms with Crippen LogP contribution in [0.4, 0.5) is 13.2 Å². The number of benzene rings is 2. The third-order valence-electron chi connectivity index (χ3n) is 3.18. The molecule has 2 aromatic rings. The summed E-state index contributed by atoms with van der Waals surface area (Å²) >= 11 is 0. The van der Waals surface area contributed by atoms with Crippen LogP contribution in [-0.2, 0) is 6.18 Å². The fraction of sp³-hybridized carbons (Fsp3) is 0.188. The van der Waals surface area contributed by atoms with Crippen LogP contribution in [0.15, 0.2) is 36.4 Å². The topological polar surface area (TPSA) is 35.5 Å². The molecule has 22 heavy (non-hydrogen) atoms. The quantitative estimate of drug-likeness (QED) is 0.794. The van der Waals surface area contributed by atoms with E-state index in [1.807, 2.05) is 0 Å². The molecule has 0 saturated heterocycles. The van der Waals surface area contributed by atoms with E-state index in [1.165, 1.54) is 38.5 Å². The molecule has 0 aromatic heterocycles. The van der Waals surface area contributed by atoms with E-state index in [-0.39, 0.29) is 11.1 Å². The summed E-state index contributed by atoms with van der Waals surface area (Å²) in [5, 5.41) is 0. The highest BCUT2D eigenvalue weighted by Crippen LogP contribution is 2.37. The second kappa shape index (κ2) is 6.09. The lowest BCUT2D eigenvalue weighted by Crippen LogP contribution is -2.04. The Bertz CT molecular complexity index is 694. The number of carbonyl (C=O) groups is 1. The van der Waals surface area contributed by atoms with Gasteiger partial charge in [0.25, 0.3) is 0 Å². The molecular formula is C16H13F3O3. The van der Waals surface area contributed by atoms with Crippen LogP contribution in [0.3, 0.4) is 0 Å². The largest absolute Gasteiger partial charge is 0.493 e. The minimum absolute atomic E-state index is 0.219. The molecule has 3 nitrogen and oxygen atoms in total. The Morgan fingerprint density at radius 3 is 2.18 bits per heavy atom. The van der Waals surface area contributed by atoms with Gasteiger partial charge in [0.05, 0.1) is 19.8 Å². The van der Waals surface area contributed by atoms with Gasteiger partial charge in [-0.3, -0.25) is 4.79 Å². The molecule has 0 bridgehead atoms. The lowest BCUT2D eigenvalue weighted by molar-refractivity contribution is -0.137. The highest BCUT2D eigenvalue weighted by atomic mass is 19.4. The third kappa shape index (κ3) is 3.05. The third-order valence-corrected chi connectivity index (χ3v) is 3.18. The van der Waals surface area contributed by atoms with E-state index in [2.05, 4.69) is 0 Å². The van der Waals surface area contributed by atoms with Gasteiger partial charge in [0.2, 0.25) is 0 Å². The van der Waals surface area contributed by atoms with E-state index in [0.29, 0.717) is 23.3 Å². The number of hydrogen-bond donors (Lipinski definition) is 0. The number of halogens is 3. The monoisotopic (exact) mass is 310 g/mol. The van der Waals surface area contributed by atoms with Crippen molar-refractivity contribution in [3.05, 3.63) is 47.5 Å². The van der Waals surface area contributed by atoms with Crippen LogP contribution in [0, 0.1) is 0 Å². The van der Waals surface area contributed by atoms with E-state index in [9.17, 15) is 18.0 Å². The summed E-state index contributed by atoms with van der Waals surface area (Å²) in [5.74, 6) is 0.667. The Hall–Kier alpha value is -2.50. The first kappa shape index (κ1) is 15.9. The Morgan fingerprint density at radius 2 is 1.64 bits per heavy atom. The van der Waals surface area contributed by atoms with Gasteiger partial charge in [-0.25, -0.2) is 0 Å². The lowest BCUT2D eigenvalue weighted by atomic mass is 9.97. The first-order chi connectivity index (χ1) is 10.4. The van der Waals surface area contributed by atoms with Gasteiger partial charge in [-0.1, -0.05) is 12.1 Å². The first-order valence-corrected chi connectivity index (χ1v) is 6.29. The molecule has 0 N–H and O–H groups in total. The predicted octanol–water partition coefficient (Wildman–Crippen LogP) is 4.20. The summed E-state index contributed by atoms with van der Waals surface area (Å²) in [6, 6.07) is 7.69. The van der Waals surface area contributed by atoms with E-state index in [1.54, 1.807) is 0 Å². The van der Waals surface area contributed by atoms with E-state index < -0.39 is 11.7 Å². The van der Waals surface area contributed by atoms with Crippen LogP contribution in [0.2, 0.25) is 0 Å². The summed E-state index contributed by atoms with van der Waals surface area (Å²) in [6.45, 7) is 0. The van der Waals surface area contributed by atoms with Gasteiger partial charge in [-0.15, -0.1) is 0 Å². The molecule has 0 atom stereocenters. The van der Waals surface area contributed by atoms with Gasteiger partial charge in [-0.05, 0) is 35.4 Å². The molecule has 0 radical (unpaired) electrons. The maximum absolute atomic E-state index is 12.8. The Morgan fingerprint density at radius 1 is 1.00 bits per heavy atom. The van der Waals surface area contributed by atoms with E-state index >= 15 is 0 Å². The molecule has 0 unspecified atom stereocenters. The number of ether oxygens (including phenoxy) is 2. The van der Waals surface area contributed by atoms with Crippen LogP contribution >= 0.6 is 0 Å². The Balaban J connectivity index is 2.64. The molecule has 0 amide bonds. The van der Waals surface area contributed by atoms with Crippen molar-refractivity contribution in [1.82, 2.24) is 0 Å². The van der Waals surface area contributed by atoms with Crippen molar-refractivity contribution >= 4 is 6.29 Å². The normalized spacial score (nSPS) is 11.1. The molecule has 6 heteroatoms. The Kier molecular flexibility index (Phi) is 4.40. The van der Waals surface area contributed by atoms with E-state index in [0.717, 1.165) is 12.1 Å². The molecule has 2 aromatic carbocycles. The zero-order valence-corrected chi connectivity index (χ0v) is 11.9. The summed E-state index contributed by atoms with van der Waals surface area (Å²) in [4.78, 5) is 11.2. The second-order valence-electron chi connectivity index (χ2n) is 4.49. The van der Waals surface area contributed by atoms with Crippen molar-refractivity contribution in [1.29, 1.82) is 0 Å². The fourth-order valence-corrected chi connectivity index (χ4v) is 2.11. The maximum Gasteiger partial charge on any atom is 0.416 e. The van der Waals surface area contributed by atoms with Gasteiger partial charge in [0.15, 0.2) is 17.8 Å². The predicted molar refractivity (Wildman–Crippen MR) is 75.4 cm³/mol. The van der Waals surface area contributed by atoms with Crippen LogP contribution in [0.1, 0.15) is 15.9 Å². The smallest absolute Gasteiger partial charge is 0.416 e. The van der Waals surface area contributed by atoms with Gasteiger partial charge < -0.3 is 9.47 Å². The van der Waals surface area contributed by atoms with Crippen molar-refractivity contribution < 1.29 is 27.4 Å². The molecule has 0 spiro atoms. The highest BCUT2D eigenvalue weighted by molar-refractivity contribution is 5.89. The second-order valence-corrected chi connectivity index (χ2v) is 4.49. The van der Waals surface area contributed by atoms with Gasteiger partial charge in [0.1, 0.15) is 0 Å². The molecular weight excluding hydrogens is 297 g/mol. The van der Waals surface area contributed by atoms with Crippen LogP contribution < -0.4 is 9.47 Å². The van der Waals surface area contributed by atoms with Crippen molar-refractivity contribution in [2.75, 3.05) is 14.2 Å².